The molecule has 1 aromatic heterocycles. The number of halogens is 1. The van der Waals surface area contributed by atoms with E-state index in [1.54, 1.807) is 0 Å². The SMILES string of the molecule is CCCNc1ncc(Cl)c(NCCNS(C)(=O)=O)n1. The van der Waals surface area contributed by atoms with Crippen LogP contribution in [0.4, 0.5) is 11.8 Å². The van der Waals surface area contributed by atoms with Crippen LogP contribution in [0, 0.1) is 0 Å². The first-order chi connectivity index (χ1) is 8.92. The van der Waals surface area contributed by atoms with Gasteiger partial charge in [-0.3, -0.25) is 0 Å². The van der Waals surface area contributed by atoms with E-state index in [1.165, 1.54) is 6.20 Å². The van der Waals surface area contributed by atoms with E-state index in [4.69, 9.17) is 11.6 Å². The average Bonchev–Trinajstić information content (AvgIpc) is 2.33. The van der Waals surface area contributed by atoms with Gasteiger partial charge in [0.05, 0.1) is 12.5 Å². The van der Waals surface area contributed by atoms with Gasteiger partial charge in [0.25, 0.3) is 0 Å². The minimum Gasteiger partial charge on any atom is -0.367 e. The van der Waals surface area contributed by atoms with Crippen molar-refractivity contribution in [1.82, 2.24) is 14.7 Å². The third kappa shape index (κ3) is 6.55. The second kappa shape index (κ2) is 7.46. The van der Waals surface area contributed by atoms with Gasteiger partial charge in [0.1, 0.15) is 5.02 Å². The molecule has 108 valence electrons. The molecule has 0 bridgehead atoms. The van der Waals surface area contributed by atoms with E-state index in [9.17, 15) is 8.42 Å². The maximum Gasteiger partial charge on any atom is 0.224 e. The summed E-state index contributed by atoms with van der Waals surface area (Å²) >= 11 is 5.95. The predicted molar refractivity (Wildman–Crippen MR) is 77.2 cm³/mol. The molecule has 0 fully saturated rings. The van der Waals surface area contributed by atoms with Crippen molar-refractivity contribution in [3.05, 3.63) is 11.2 Å². The highest BCUT2D eigenvalue weighted by Gasteiger charge is 2.05. The Balaban J connectivity index is 2.52. The first-order valence-corrected chi connectivity index (χ1v) is 8.14. The van der Waals surface area contributed by atoms with E-state index in [-0.39, 0.29) is 6.54 Å². The lowest BCUT2D eigenvalue weighted by Crippen LogP contribution is -2.27. The monoisotopic (exact) mass is 307 g/mol. The third-order valence-electron chi connectivity index (χ3n) is 2.06. The van der Waals surface area contributed by atoms with E-state index in [2.05, 4.69) is 25.3 Å². The summed E-state index contributed by atoms with van der Waals surface area (Å²) in [6, 6.07) is 0. The summed E-state index contributed by atoms with van der Waals surface area (Å²) in [6.45, 7) is 3.46. The van der Waals surface area contributed by atoms with Crippen LogP contribution in [0.3, 0.4) is 0 Å². The highest BCUT2D eigenvalue weighted by molar-refractivity contribution is 7.88. The molecular weight excluding hydrogens is 290 g/mol. The zero-order valence-corrected chi connectivity index (χ0v) is 12.5. The van der Waals surface area contributed by atoms with E-state index in [1.807, 2.05) is 6.92 Å². The van der Waals surface area contributed by atoms with Gasteiger partial charge in [0.2, 0.25) is 16.0 Å². The van der Waals surface area contributed by atoms with Crippen LogP contribution >= 0.6 is 11.6 Å². The third-order valence-corrected chi connectivity index (χ3v) is 3.06. The molecule has 0 radical (unpaired) electrons. The molecule has 0 unspecified atom stereocenters. The van der Waals surface area contributed by atoms with Crippen LogP contribution in [-0.2, 0) is 10.0 Å². The largest absolute Gasteiger partial charge is 0.367 e. The number of anilines is 2. The lowest BCUT2D eigenvalue weighted by molar-refractivity contribution is 0.589. The van der Waals surface area contributed by atoms with Gasteiger partial charge < -0.3 is 10.6 Å². The van der Waals surface area contributed by atoms with Crippen LogP contribution in [0.1, 0.15) is 13.3 Å². The Morgan fingerprint density at radius 1 is 1.26 bits per heavy atom. The number of sulfonamides is 1. The summed E-state index contributed by atoms with van der Waals surface area (Å²) < 4.78 is 24.1. The number of nitrogens with one attached hydrogen (secondary N) is 3. The maximum absolute atomic E-state index is 10.9. The quantitative estimate of drug-likeness (QED) is 0.618. The molecule has 1 aromatic rings. The zero-order valence-electron chi connectivity index (χ0n) is 10.9. The molecule has 0 aliphatic heterocycles. The molecule has 19 heavy (non-hydrogen) atoms. The summed E-state index contributed by atoms with van der Waals surface area (Å²) in [5.74, 6) is 0.968. The van der Waals surface area contributed by atoms with Crippen molar-refractivity contribution < 1.29 is 8.42 Å². The van der Waals surface area contributed by atoms with Crippen molar-refractivity contribution in [2.45, 2.75) is 13.3 Å². The van der Waals surface area contributed by atoms with E-state index >= 15 is 0 Å². The zero-order chi connectivity index (χ0) is 14.3. The van der Waals surface area contributed by atoms with Gasteiger partial charge in [-0.15, -0.1) is 0 Å². The van der Waals surface area contributed by atoms with Gasteiger partial charge in [0, 0.05) is 19.6 Å². The number of hydrogen-bond donors (Lipinski definition) is 3. The molecule has 1 heterocycles. The van der Waals surface area contributed by atoms with Crippen LogP contribution in [0.2, 0.25) is 5.02 Å². The van der Waals surface area contributed by atoms with Crippen LogP contribution in [0.5, 0.6) is 0 Å². The summed E-state index contributed by atoms with van der Waals surface area (Å²) in [5, 5.41) is 6.39. The predicted octanol–water partition coefficient (Wildman–Crippen LogP) is 0.913. The maximum atomic E-state index is 10.9. The lowest BCUT2D eigenvalue weighted by Gasteiger charge is -2.09. The van der Waals surface area contributed by atoms with E-state index < -0.39 is 10.0 Å². The molecule has 0 saturated heterocycles. The fraction of sp³-hybridized carbons (Fsp3) is 0.600. The number of aromatic nitrogens is 2. The van der Waals surface area contributed by atoms with Crippen molar-refractivity contribution in [3.63, 3.8) is 0 Å². The molecular formula is C10H18ClN5O2S. The highest BCUT2D eigenvalue weighted by atomic mass is 35.5. The average molecular weight is 308 g/mol. The summed E-state index contributed by atoms with van der Waals surface area (Å²) in [4.78, 5) is 8.24. The van der Waals surface area contributed by atoms with Crippen molar-refractivity contribution in [1.29, 1.82) is 0 Å². The molecule has 0 atom stereocenters. The first-order valence-electron chi connectivity index (χ1n) is 5.87. The molecule has 9 heteroatoms. The standard InChI is InChI=1S/C10H18ClN5O2S/c1-3-4-13-10-14-7-8(11)9(16-10)12-5-6-15-19(2,17)18/h7,15H,3-6H2,1-2H3,(H2,12,13,14,16). The first kappa shape index (κ1) is 15.9. The van der Waals surface area contributed by atoms with Gasteiger partial charge >= 0.3 is 0 Å². The fourth-order valence-electron chi connectivity index (χ4n) is 1.23. The molecule has 0 aliphatic carbocycles. The van der Waals surface area contributed by atoms with Gasteiger partial charge in [-0.25, -0.2) is 18.1 Å². The fourth-order valence-corrected chi connectivity index (χ4v) is 1.86. The number of nitrogens with zero attached hydrogens (tertiary/aromatic N) is 2. The normalized spacial score (nSPS) is 11.3. The molecule has 0 saturated carbocycles. The van der Waals surface area contributed by atoms with Crippen molar-refractivity contribution in [2.75, 3.05) is 36.5 Å². The molecule has 0 amide bonds. The van der Waals surface area contributed by atoms with Crippen molar-refractivity contribution in [3.8, 4) is 0 Å². The molecule has 7 nitrogen and oxygen atoms in total. The topological polar surface area (TPSA) is 96.0 Å². The summed E-state index contributed by atoms with van der Waals surface area (Å²) in [7, 11) is -3.18. The molecule has 3 N–H and O–H groups in total. The van der Waals surface area contributed by atoms with Gasteiger partial charge in [0.15, 0.2) is 5.82 Å². The molecule has 0 aromatic carbocycles. The Morgan fingerprint density at radius 3 is 2.63 bits per heavy atom. The van der Waals surface area contributed by atoms with E-state index in [0.29, 0.717) is 23.3 Å². The van der Waals surface area contributed by atoms with Gasteiger partial charge in [-0.05, 0) is 6.42 Å². The second-order valence-electron chi connectivity index (χ2n) is 3.91. The Kier molecular flexibility index (Phi) is 6.26. The Labute approximate surface area is 118 Å². The van der Waals surface area contributed by atoms with Crippen LogP contribution < -0.4 is 15.4 Å². The molecule has 1 rings (SSSR count). The number of rotatable bonds is 8. The highest BCUT2D eigenvalue weighted by Crippen LogP contribution is 2.18. The van der Waals surface area contributed by atoms with Crippen LogP contribution in [0.15, 0.2) is 6.20 Å². The smallest absolute Gasteiger partial charge is 0.224 e. The van der Waals surface area contributed by atoms with Crippen molar-refractivity contribution in [2.24, 2.45) is 0 Å². The Morgan fingerprint density at radius 2 is 2.00 bits per heavy atom. The molecule has 0 spiro atoms. The number of hydrogen-bond acceptors (Lipinski definition) is 6. The molecule has 0 aliphatic rings. The minimum absolute atomic E-state index is 0.261. The van der Waals surface area contributed by atoms with Crippen molar-refractivity contribution >= 4 is 33.4 Å². The summed E-state index contributed by atoms with van der Waals surface area (Å²) in [5.41, 5.74) is 0. The van der Waals surface area contributed by atoms with Gasteiger partial charge in [-0.1, -0.05) is 18.5 Å². The lowest BCUT2D eigenvalue weighted by atomic mass is 10.5. The Hall–Kier alpha value is -1.12. The van der Waals surface area contributed by atoms with Crippen LogP contribution in [-0.4, -0.2) is 44.3 Å². The van der Waals surface area contributed by atoms with E-state index in [0.717, 1.165) is 19.2 Å². The summed E-state index contributed by atoms with van der Waals surface area (Å²) in [6.07, 6.45) is 3.57. The van der Waals surface area contributed by atoms with Crippen LogP contribution in [0.25, 0.3) is 0 Å². The Bertz CT molecular complexity index is 509. The minimum atomic E-state index is -3.18. The van der Waals surface area contributed by atoms with Gasteiger partial charge in [-0.2, -0.15) is 4.98 Å². The second-order valence-corrected chi connectivity index (χ2v) is 6.15.